The molecule has 1 aromatic carbocycles. The number of aryl methyl sites for hydroxylation is 2. The van der Waals surface area contributed by atoms with Crippen molar-refractivity contribution >= 4 is 0 Å². The molecule has 1 aromatic heterocycles. The van der Waals surface area contributed by atoms with Crippen molar-refractivity contribution in [1.29, 1.82) is 0 Å². The number of hydrogen-bond donors (Lipinski definition) is 1. The van der Waals surface area contributed by atoms with Crippen LogP contribution in [0.15, 0.2) is 24.4 Å². The maximum atomic E-state index is 4.42. The second-order valence-electron chi connectivity index (χ2n) is 5.32. The molecule has 0 spiro atoms. The molecule has 0 bridgehead atoms. The first-order chi connectivity index (χ1) is 8.78. The lowest BCUT2D eigenvalue weighted by atomic mass is 9.77. The number of nitrogens with one attached hydrogen (secondary N) is 1. The summed E-state index contributed by atoms with van der Waals surface area (Å²) in [6.45, 7) is 4.31. The molecule has 0 aliphatic heterocycles. The van der Waals surface area contributed by atoms with E-state index in [1.165, 1.54) is 41.6 Å². The minimum atomic E-state index is 0.758. The van der Waals surface area contributed by atoms with Crippen LogP contribution in [-0.4, -0.2) is 9.97 Å². The van der Waals surface area contributed by atoms with Crippen LogP contribution in [0.4, 0.5) is 0 Å². The van der Waals surface area contributed by atoms with E-state index in [9.17, 15) is 0 Å². The summed E-state index contributed by atoms with van der Waals surface area (Å²) in [4.78, 5) is 7.85. The summed E-state index contributed by atoms with van der Waals surface area (Å²) in [5, 5.41) is 0. The van der Waals surface area contributed by atoms with E-state index in [-0.39, 0.29) is 0 Å². The summed E-state index contributed by atoms with van der Waals surface area (Å²) in [6, 6.07) is 6.80. The second kappa shape index (κ2) is 4.60. The Kier molecular flexibility index (Phi) is 2.94. The predicted octanol–water partition coefficient (Wildman–Crippen LogP) is 4.22. The number of H-pyrrole nitrogens is 1. The molecule has 0 saturated heterocycles. The van der Waals surface area contributed by atoms with Gasteiger partial charge >= 0.3 is 0 Å². The van der Waals surface area contributed by atoms with Gasteiger partial charge in [-0.25, -0.2) is 4.98 Å². The third-order valence-corrected chi connectivity index (χ3v) is 4.01. The van der Waals surface area contributed by atoms with Gasteiger partial charge in [0.1, 0.15) is 5.82 Å². The van der Waals surface area contributed by atoms with E-state index in [4.69, 9.17) is 0 Å². The maximum Gasteiger partial charge on any atom is 0.106 e. The molecular weight excluding hydrogens is 220 g/mol. The topological polar surface area (TPSA) is 28.7 Å². The highest BCUT2D eigenvalue weighted by Gasteiger charge is 2.23. The maximum absolute atomic E-state index is 4.42. The number of rotatable bonds is 3. The van der Waals surface area contributed by atoms with Crippen molar-refractivity contribution in [3.8, 4) is 11.3 Å². The van der Waals surface area contributed by atoms with Crippen molar-refractivity contribution in [2.45, 2.75) is 45.4 Å². The fourth-order valence-corrected chi connectivity index (χ4v) is 2.66. The quantitative estimate of drug-likeness (QED) is 0.855. The van der Waals surface area contributed by atoms with Crippen molar-refractivity contribution < 1.29 is 0 Å². The van der Waals surface area contributed by atoms with Gasteiger partial charge in [0.05, 0.1) is 11.9 Å². The number of nitrogens with zero attached hydrogens (tertiary/aromatic N) is 1. The highest BCUT2D eigenvalue weighted by molar-refractivity contribution is 5.65. The zero-order valence-electron chi connectivity index (χ0n) is 11.2. The van der Waals surface area contributed by atoms with Crippen molar-refractivity contribution in [2.24, 2.45) is 0 Å². The Labute approximate surface area is 108 Å². The van der Waals surface area contributed by atoms with Gasteiger partial charge in [-0.05, 0) is 31.2 Å². The van der Waals surface area contributed by atoms with Crippen LogP contribution in [-0.2, 0) is 6.42 Å². The van der Waals surface area contributed by atoms with E-state index in [2.05, 4.69) is 42.0 Å². The summed E-state index contributed by atoms with van der Waals surface area (Å²) in [5.74, 6) is 1.83. The third-order valence-electron chi connectivity index (χ3n) is 4.01. The van der Waals surface area contributed by atoms with Crippen LogP contribution in [0.2, 0.25) is 0 Å². The molecule has 0 unspecified atom stereocenters. The number of hydrogen-bond acceptors (Lipinski definition) is 1. The molecule has 18 heavy (non-hydrogen) atoms. The van der Waals surface area contributed by atoms with Crippen LogP contribution in [0.5, 0.6) is 0 Å². The van der Waals surface area contributed by atoms with E-state index in [1.54, 1.807) is 0 Å². The fourth-order valence-electron chi connectivity index (χ4n) is 2.66. The van der Waals surface area contributed by atoms with Gasteiger partial charge in [-0.1, -0.05) is 37.1 Å². The molecule has 3 rings (SSSR count). The molecule has 1 N–H and O–H groups in total. The zero-order valence-corrected chi connectivity index (χ0v) is 11.2. The number of aromatic nitrogens is 2. The molecule has 0 atom stereocenters. The highest BCUT2D eigenvalue weighted by Crippen LogP contribution is 2.41. The van der Waals surface area contributed by atoms with Crippen LogP contribution in [0.25, 0.3) is 11.3 Å². The van der Waals surface area contributed by atoms with Crippen molar-refractivity contribution in [1.82, 2.24) is 9.97 Å². The summed E-state index contributed by atoms with van der Waals surface area (Å²) in [5.41, 5.74) is 5.38. The first-order valence-corrected chi connectivity index (χ1v) is 6.92. The summed E-state index contributed by atoms with van der Waals surface area (Å²) < 4.78 is 0. The number of imidazole rings is 1. The molecule has 2 heteroatoms. The Morgan fingerprint density at radius 1 is 1.33 bits per heavy atom. The lowest BCUT2D eigenvalue weighted by molar-refractivity contribution is 0.420. The Morgan fingerprint density at radius 2 is 2.17 bits per heavy atom. The zero-order chi connectivity index (χ0) is 12.5. The van der Waals surface area contributed by atoms with E-state index in [0.29, 0.717) is 0 Å². The lowest BCUT2D eigenvalue weighted by Crippen LogP contribution is -2.10. The van der Waals surface area contributed by atoms with Gasteiger partial charge in [0.15, 0.2) is 0 Å². The average molecular weight is 240 g/mol. The molecular formula is C16H20N2. The Balaban J connectivity index is 2.04. The minimum Gasteiger partial charge on any atom is -0.342 e. The second-order valence-corrected chi connectivity index (χ2v) is 5.32. The molecule has 94 valence electrons. The number of aromatic amines is 1. The Morgan fingerprint density at radius 3 is 2.78 bits per heavy atom. The normalized spacial score (nSPS) is 15.7. The summed E-state index contributed by atoms with van der Waals surface area (Å²) in [6.07, 6.45) is 6.99. The molecule has 2 nitrogen and oxygen atoms in total. The van der Waals surface area contributed by atoms with Gasteiger partial charge in [0.2, 0.25) is 0 Å². The van der Waals surface area contributed by atoms with Crippen LogP contribution >= 0.6 is 0 Å². The van der Waals surface area contributed by atoms with Crippen molar-refractivity contribution in [3.05, 3.63) is 41.3 Å². The number of benzene rings is 1. The van der Waals surface area contributed by atoms with Gasteiger partial charge < -0.3 is 4.98 Å². The SMILES string of the molecule is CCc1ncc(-c2ccc(C)cc2C2CCC2)[nH]1. The molecule has 1 saturated carbocycles. The lowest BCUT2D eigenvalue weighted by Gasteiger charge is -2.28. The largest absolute Gasteiger partial charge is 0.342 e. The Hall–Kier alpha value is -1.57. The monoisotopic (exact) mass is 240 g/mol. The summed E-state index contributed by atoms with van der Waals surface area (Å²) in [7, 11) is 0. The molecule has 1 aliphatic carbocycles. The van der Waals surface area contributed by atoms with Gasteiger partial charge in [-0.2, -0.15) is 0 Å². The van der Waals surface area contributed by atoms with E-state index in [1.807, 2.05) is 6.20 Å². The standard InChI is InChI=1S/C16H20N2/c1-3-16-17-10-15(18-16)13-8-7-11(2)9-14(13)12-5-4-6-12/h7-10,12H,3-6H2,1-2H3,(H,17,18). The first-order valence-electron chi connectivity index (χ1n) is 6.92. The molecule has 1 heterocycles. The van der Waals surface area contributed by atoms with Crippen LogP contribution in [0, 0.1) is 6.92 Å². The van der Waals surface area contributed by atoms with E-state index in [0.717, 1.165) is 18.2 Å². The summed E-state index contributed by atoms with van der Waals surface area (Å²) >= 11 is 0. The van der Waals surface area contributed by atoms with Crippen molar-refractivity contribution in [3.63, 3.8) is 0 Å². The van der Waals surface area contributed by atoms with Gasteiger partial charge in [0.25, 0.3) is 0 Å². The smallest absolute Gasteiger partial charge is 0.106 e. The van der Waals surface area contributed by atoms with Crippen LogP contribution in [0.1, 0.15) is 49.1 Å². The van der Waals surface area contributed by atoms with Crippen LogP contribution in [0.3, 0.4) is 0 Å². The van der Waals surface area contributed by atoms with Gasteiger partial charge in [0, 0.05) is 12.0 Å². The minimum absolute atomic E-state index is 0.758. The van der Waals surface area contributed by atoms with E-state index >= 15 is 0 Å². The van der Waals surface area contributed by atoms with E-state index < -0.39 is 0 Å². The average Bonchev–Trinajstić information content (AvgIpc) is 2.75. The predicted molar refractivity (Wildman–Crippen MR) is 74.7 cm³/mol. The van der Waals surface area contributed by atoms with Crippen LogP contribution < -0.4 is 0 Å². The van der Waals surface area contributed by atoms with Gasteiger partial charge in [-0.3, -0.25) is 0 Å². The fraction of sp³-hybridized carbons (Fsp3) is 0.438. The van der Waals surface area contributed by atoms with Crippen molar-refractivity contribution in [2.75, 3.05) is 0 Å². The van der Waals surface area contributed by atoms with Gasteiger partial charge in [-0.15, -0.1) is 0 Å². The first kappa shape index (κ1) is 11.5. The Bertz CT molecular complexity index is 550. The molecule has 0 radical (unpaired) electrons. The third kappa shape index (κ3) is 1.96. The molecule has 1 fully saturated rings. The molecule has 1 aliphatic rings. The molecule has 0 amide bonds. The highest BCUT2D eigenvalue weighted by atomic mass is 14.9. The molecule has 2 aromatic rings.